The number of benzene rings is 1. The van der Waals surface area contributed by atoms with Crippen LogP contribution < -0.4 is 10.4 Å². The molecule has 0 atom stereocenters. The highest BCUT2D eigenvalue weighted by Gasteiger charge is 2.11. The zero-order valence-corrected chi connectivity index (χ0v) is 12.1. The summed E-state index contributed by atoms with van der Waals surface area (Å²) < 4.78 is 15.9. The van der Waals surface area contributed by atoms with Crippen LogP contribution in [-0.2, 0) is 6.61 Å². The van der Waals surface area contributed by atoms with Gasteiger partial charge in [-0.3, -0.25) is 0 Å². The first-order chi connectivity index (χ1) is 10.0. The van der Waals surface area contributed by atoms with Crippen LogP contribution in [-0.4, -0.2) is 10.2 Å². The molecule has 7 heteroatoms. The molecule has 0 aliphatic carbocycles. The second-order valence-electron chi connectivity index (χ2n) is 4.53. The van der Waals surface area contributed by atoms with Gasteiger partial charge in [-0.2, -0.15) is 0 Å². The maximum atomic E-state index is 11.4. The molecule has 3 rings (SSSR count). The van der Waals surface area contributed by atoms with E-state index < -0.39 is 5.63 Å². The molecular weight excluding hydrogens is 296 g/mol. The summed E-state index contributed by atoms with van der Waals surface area (Å²) in [5.41, 5.74) is 0.795. The fourth-order valence-corrected chi connectivity index (χ4v) is 2.18. The SMILES string of the molecule is Cc1nnc(COc2cc3oc(=O)cc(C)c3cc2Cl)o1. The molecule has 108 valence electrons. The van der Waals surface area contributed by atoms with Crippen LogP contribution in [0.3, 0.4) is 0 Å². The first-order valence-corrected chi connectivity index (χ1v) is 6.56. The average molecular weight is 307 g/mol. The molecular formula is C14H11ClN2O4. The Bertz CT molecular complexity index is 869. The van der Waals surface area contributed by atoms with E-state index in [-0.39, 0.29) is 6.61 Å². The second kappa shape index (κ2) is 5.21. The van der Waals surface area contributed by atoms with Gasteiger partial charge in [0.15, 0.2) is 6.61 Å². The number of rotatable bonds is 3. The van der Waals surface area contributed by atoms with Gasteiger partial charge in [0.05, 0.1) is 5.02 Å². The molecule has 3 aromatic rings. The normalized spacial score (nSPS) is 11.0. The van der Waals surface area contributed by atoms with E-state index in [1.54, 1.807) is 19.1 Å². The summed E-state index contributed by atoms with van der Waals surface area (Å²) in [6.07, 6.45) is 0. The largest absolute Gasteiger partial charge is 0.482 e. The van der Waals surface area contributed by atoms with Crippen molar-refractivity contribution in [1.29, 1.82) is 0 Å². The molecule has 21 heavy (non-hydrogen) atoms. The standard InChI is InChI=1S/C14H11ClN2O4/c1-7-3-14(18)21-11-5-12(10(15)4-9(7)11)19-6-13-17-16-8(2)20-13/h3-5H,6H2,1-2H3. The number of halogens is 1. The van der Waals surface area contributed by atoms with Crippen molar-refractivity contribution in [1.82, 2.24) is 10.2 Å². The van der Waals surface area contributed by atoms with E-state index in [1.807, 2.05) is 6.92 Å². The average Bonchev–Trinajstić information content (AvgIpc) is 2.83. The minimum Gasteiger partial charge on any atom is -0.482 e. The summed E-state index contributed by atoms with van der Waals surface area (Å²) in [6, 6.07) is 4.69. The number of aromatic nitrogens is 2. The Hall–Kier alpha value is -2.34. The number of hydrogen-bond acceptors (Lipinski definition) is 6. The molecule has 0 fully saturated rings. The summed E-state index contributed by atoms with van der Waals surface area (Å²) in [7, 11) is 0. The van der Waals surface area contributed by atoms with Gasteiger partial charge < -0.3 is 13.6 Å². The van der Waals surface area contributed by atoms with Crippen molar-refractivity contribution in [2.24, 2.45) is 0 Å². The van der Waals surface area contributed by atoms with Crippen LogP contribution in [0.2, 0.25) is 5.02 Å². The maximum absolute atomic E-state index is 11.4. The third kappa shape index (κ3) is 2.75. The molecule has 0 radical (unpaired) electrons. The van der Waals surface area contributed by atoms with Gasteiger partial charge in [-0.05, 0) is 18.6 Å². The van der Waals surface area contributed by atoms with Gasteiger partial charge in [0.2, 0.25) is 5.89 Å². The Balaban J connectivity index is 1.95. The molecule has 0 aliphatic rings. The molecule has 1 aromatic carbocycles. The molecule has 0 saturated carbocycles. The van der Waals surface area contributed by atoms with E-state index in [0.29, 0.717) is 28.1 Å². The lowest BCUT2D eigenvalue weighted by Crippen LogP contribution is -2.00. The number of nitrogens with zero attached hydrogens (tertiary/aromatic N) is 2. The molecule has 0 bridgehead atoms. The molecule has 0 unspecified atom stereocenters. The van der Waals surface area contributed by atoms with E-state index >= 15 is 0 Å². The Morgan fingerprint density at radius 3 is 2.71 bits per heavy atom. The summed E-state index contributed by atoms with van der Waals surface area (Å²) in [6.45, 7) is 3.59. The molecule has 0 spiro atoms. The van der Waals surface area contributed by atoms with E-state index in [9.17, 15) is 4.79 Å². The predicted octanol–water partition coefficient (Wildman–Crippen LogP) is 3.03. The van der Waals surface area contributed by atoms with Crippen LogP contribution in [0.4, 0.5) is 0 Å². The fourth-order valence-electron chi connectivity index (χ4n) is 1.97. The lowest BCUT2D eigenvalue weighted by atomic mass is 10.1. The van der Waals surface area contributed by atoms with Crippen LogP contribution in [0.25, 0.3) is 11.0 Å². The van der Waals surface area contributed by atoms with E-state index in [2.05, 4.69) is 10.2 Å². The summed E-state index contributed by atoms with van der Waals surface area (Å²) in [4.78, 5) is 11.4. The number of aryl methyl sites for hydroxylation is 2. The Morgan fingerprint density at radius 2 is 2.00 bits per heavy atom. The summed E-state index contributed by atoms with van der Waals surface area (Å²) >= 11 is 6.17. The van der Waals surface area contributed by atoms with Gasteiger partial charge in [0.1, 0.15) is 11.3 Å². The second-order valence-corrected chi connectivity index (χ2v) is 4.94. The van der Waals surface area contributed by atoms with Crippen molar-refractivity contribution in [3.05, 3.63) is 51.0 Å². The third-order valence-electron chi connectivity index (χ3n) is 2.92. The summed E-state index contributed by atoms with van der Waals surface area (Å²) in [5, 5.41) is 8.70. The fraction of sp³-hybridized carbons (Fsp3) is 0.214. The molecule has 0 amide bonds. The lowest BCUT2D eigenvalue weighted by Gasteiger charge is -2.08. The monoisotopic (exact) mass is 306 g/mol. The van der Waals surface area contributed by atoms with Gasteiger partial charge in [-0.15, -0.1) is 10.2 Å². The first kappa shape index (κ1) is 13.6. The zero-order chi connectivity index (χ0) is 15.0. The van der Waals surface area contributed by atoms with Gasteiger partial charge in [0, 0.05) is 24.4 Å². The van der Waals surface area contributed by atoms with Gasteiger partial charge in [-0.1, -0.05) is 11.6 Å². The molecule has 0 aliphatic heterocycles. The number of fused-ring (bicyclic) bond motifs is 1. The van der Waals surface area contributed by atoms with Gasteiger partial charge in [0.25, 0.3) is 5.89 Å². The van der Waals surface area contributed by atoms with Crippen molar-refractivity contribution in [3.8, 4) is 5.75 Å². The summed E-state index contributed by atoms with van der Waals surface area (Å²) in [5.74, 6) is 1.18. The maximum Gasteiger partial charge on any atom is 0.336 e. The van der Waals surface area contributed by atoms with Crippen molar-refractivity contribution in [2.45, 2.75) is 20.5 Å². The highest BCUT2D eigenvalue weighted by molar-refractivity contribution is 6.32. The van der Waals surface area contributed by atoms with Crippen molar-refractivity contribution in [2.75, 3.05) is 0 Å². The van der Waals surface area contributed by atoms with E-state index in [4.69, 9.17) is 25.2 Å². The first-order valence-electron chi connectivity index (χ1n) is 6.19. The van der Waals surface area contributed by atoms with Crippen LogP contribution in [0, 0.1) is 13.8 Å². The molecule has 0 saturated heterocycles. The third-order valence-corrected chi connectivity index (χ3v) is 3.22. The predicted molar refractivity (Wildman–Crippen MR) is 75.6 cm³/mol. The molecule has 2 aromatic heterocycles. The van der Waals surface area contributed by atoms with Crippen molar-refractivity contribution >= 4 is 22.6 Å². The van der Waals surface area contributed by atoms with Crippen LogP contribution in [0.5, 0.6) is 5.75 Å². The molecule has 2 heterocycles. The van der Waals surface area contributed by atoms with Crippen molar-refractivity contribution in [3.63, 3.8) is 0 Å². The minimum absolute atomic E-state index is 0.0854. The number of hydrogen-bond donors (Lipinski definition) is 0. The van der Waals surface area contributed by atoms with E-state index in [1.165, 1.54) is 6.07 Å². The quantitative estimate of drug-likeness (QED) is 0.692. The van der Waals surface area contributed by atoms with Gasteiger partial charge >= 0.3 is 5.63 Å². The smallest absolute Gasteiger partial charge is 0.336 e. The van der Waals surface area contributed by atoms with Crippen LogP contribution in [0.1, 0.15) is 17.3 Å². The van der Waals surface area contributed by atoms with Crippen molar-refractivity contribution < 1.29 is 13.6 Å². The minimum atomic E-state index is -0.416. The van der Waals surface area contributed by atoms with Gasteiger partial charge in [-0.25, -0.2) is 4.79 Å². The zero-order valence-electron chi connectivity index (χ0n) is 11.3. The lowest BCUT2D eigenvalue weighted by molar-refractivity contribution is 0.260. The Kier molecular flexibility index (Phi) is 3.39. The Labute approximate surface area is 124 Å². The van der Waals surface area contributed by atoms with Crippen LogP contribution >= 0.6 is 11.6 Å². The highest BCUT2D eigenvalue weighted by atomic mass is 35.5. The Morgan fingerprint density at radius 1 is 1.19 bits per heavy atom. The van der Waals surface area contributed by atoms with E-state index in [0.717, 1.165) is 10.9 Å². The molecule has 0 N–H and O–H groups in total. The molecule has 6 nitrogen and oxygen atoms in total. The van der Waals surface area contributed by atoms with Crippen LogP contribution in [0.15, 0.2) is 31.8 Å². The topological polar surface area (TPSA) is 78.4 Å². The highest BCUT2D eigenvalue weighted by Crippen LogP contribution is 2.31. The number of ether oxygens (including phenoxy) is 1.